The largest absolute Gasteiger partial charge is 0.467 e. The average Bonchev–Trinajstić information content (AvgIpc) is 2.38. The molecule has 0 spiro atoms. The number of hydrogen-bond donors (Lipinski definition) is 1. The minimum atomic E-state index is -3.77. The zero-order valence-corrected chi connectivity index (χ0v) is 13.0. The first-order valence-corrected chi connectivity index (χ1v) is 7.84. The van der Waals surface area contributed by atoms with E-state index in [0.29, 0.717) is 0 Å². The summed E-state index contributed by atoms with van der Waals surface area (Å²) >= 11 is 0. The van der Waals surface area contributed by atoms with E-state index in [1.54, 1.807) is 13.0 Å². The Hall–Kier alpha value is -2.09. The number of carbonyl (C=O) groups excluding carboxylic acids is 2. The van der Waals surface area contributed by atoms with E-state index in [1.165, 1.54) is 26.2 Å². The van der Waals surface area contributed by atoms with E-state index in [2.05, 4.69) is 10.1 Å². The number of ether oxygens (including phenoxy) is 1. The van der Waals surface area contributed by atoms with E-state index in [4.69, 9.17) is 4.18 Å². The molecule has 1 atom stereocenters. The van der Waals surface area contributed by atoms with E-state index in [1.807, 2.05) is 0 Å². The third-order valence-corrected chi connectivity index (χ3v) is 3.01. The molecule has 0 radical (unpaired) electrons. The molecule has 0 unspecified atom stereocenters. The van der Waals surface area contributed by atoms with E-state index in [0.717, 1.165) is 11.8 Å². The lowest BCUT2D eigenvalue weighted by molar-refractivity contribution is -0.142. The van der Waals surface area contributed by atoms with Crippen molar-refractivity contribution in [1.82, 2.24) is 5.32 Å². The zero-order valence-electron chi connectivity index (χ0n) is 12.2. The first-order valence-electron chi connectivity index (χ1n) is 6.03. The fourth-order valence-corrected chi connectivity index (χ4v) is 2.04. The van der Waals surface area contributed by atoms with Crippen molar-refractivity contribution in [3.05, 3.63) is 29.3 Å². The quantitative estimate of drug-likeness (QED) is 0.632. The van der Waals surface area contributed by atoms with Crippen molar-refractivity contribution in [3.8, 4) is 5.75 Å². The van der Waals surface area contributed by atoms with Crippen molar-refractivity contribution >= 4 is 22.0 Å². The monoisotopic (exact) mass is 315 g/mol. The topological polar surface area (TPSA) is 98.8 Å². The van der Waals surface area contributed by atoms with Crippen LogP contribution in [0.2, 0.25) is 0 Å². The lowest BCUT2D eigenvalue weighted by atomic mass is 10.1. The van der Waals surface area contributed by atoms with Gasteiger partial charge >= 0.3 is 16.1 Å². The van der Waals surface area contributed by atoms with Gasteiger partial charge in [0.15, 0.2) is 5.75 Å². The fraction of sp³-hybridized carbons (Fsp3) is 0.385. The summed E-state index contributed by atoms with van der Waals surface area (Å²) in [5.74, 6) is -1.34. The number of aryl methyl sites for hydroxylation is 1. The predicted molar refractivity (Wildman–Crippen MR) is 75.6 cm³/mol. The third kappa shape index (κ3) is 5.07. The van der Waals surface area contributed by atoms with Crippen LogP contribution >= 0.6 is 0 Å². The molecule has 0 aliphatic carbocycles. The lowest BCUT2D eigenvalue weighted by Gasteiger charge is -2.14. The molecule has 1 rings (SSSR count). The van der Waals surface area contributed by atoms with Gasteiger partial charge in [-0.1, -0.05) is 11.6 Å². The Labute approximate surface area is 123 Å². The molecule has 116 valence electrons. The van der Waals surface area contributed by atoms with Crippen LogP contribution in [0.25, 0.3) is 0 Å². The number of hydrogen-bond acceptors (Lipinski definition) is 6. The van der Waals surface area contributed by atoms with Crippen LogP contribution in [0.15, 0.2) is 18.2 Å². The summed E-state index contributed by atoms with van der Waals surface area (Å²) in [6.07, 6.45) is 0.881. The van der Waals surface area contributed by atoms with Crippen LogP contribution in [0, 0.1) is 6.92 Å². The van der Waals surface area contributed by atoms with E-state index < -0.39 is 28.0 Å². The average molecular weight is 315 g/mol. The molecule has 21 heavy (non-hydrogen) atoms. The highest BCUT2D eigenvalue weighted by atomic mass is 32.2. The molecule has 0 saturated heterocycles. The minimum absolute atomic E-state index is 0.0242. The standard InChI is InChI=1S/C13H17NO6S/c1-8-5-6-11(20-21(4,17)18)10(7-8)12(15)14-9(2)13(16)19-3/h5-7,9H,1-4H3,(H,14,15)/t9-/m1/s1. The van der Waals surface area contributed by atoms with Crippen molar-refractivity contribution in [1.29, 1.82) is 0 Å². The molecule has 1 N–H and O–H groups in total. The highest BCUT2D eigenvalue weighted by molar-refractivity contribution is 7.86. The summed E-state index contributed by atoms with van der Waals surface area (Å²) < 4.78 is 31.7. The Morgan fingerprint density at radius 3 is 2.43 bits per heavy atom. The van der Waals surface area contributed by atoms with Gasteiger partial charge in [0.05, 0.1) is 18.9 Å². The van der Waals surface area contributed by atoms with Crippen LogP contribution in [0.3, 0.4) is 0 Å². The molecule has 1 aromatic rings. The van der Waals surface area contributed by atoms with Crippen LogP contribution in [-0.4, -0.2) is 39.7 Å². The van der Waals surface area contributed by atoms with Gasteiger partial charge in [0.2, 0.25) is 0 Å². The summed E-state index contributed by atoms with van der Waals surface area (Å²) in [6.45, 7) is 3.20. The first kappa shape index (κ1) is 17.0. The van der Waals surface area contributed by atoms with E-state index >= 15 is 0 Å². The van der Waals surface area contributed by atoms with Gasteiger partial charge in [-0.05, 0) is 26.0 Å². The zero-order chi connectivity index (χ0) is 16.2. The molecular weight excluding hydrogens is 298 g/mol. The Kier molecular flexibility index (Phi) is 5.31. The van der Waals surface area contributed by atoms with Crippen LogP contribution in [0.1, 0.15) is 22.8 Å². The molecule has 0 heterocycles. The lowest BCUT2D eigenvalue weighted by Crippen LogP contribution is -2.39. The predicted octanol–water partition coefficient (Wildman–Crippen LogP) is 0.625. The van der Waals surface area contributed by atoms with Crippen molar-refractivity contribution in [2.75, 3.05) is 13.4 Å². The van der Waals surface area contributed by atoms with Gasteiger partial charge in [0.1, 0.15) is 6.04 Å². The normalized spacial score (nSPS) is 12.4. The van der Waals surface area contributed by atoms with Crippen LogP contribution < -0.4 is 9.50 Å². The number of benzene rings is 1. The smallest absolute Gasteiger partial charge is 0.328 e. The summed E-state index contributed by atoms with van der Waals surface area (Å²) in [6, 6.07) is 3.60. The maximum absolute atomic E-state index is 12.1. The van der Waals surface area contributed by atoms with E-state index in [9.17, 15) is 18.0 Å². The number of nitrogens with one attached hydrogen (secondary N) is 1. The number of carbonyl (C=O) groups is 2. The number of methoxy groups -OCH3 is 1. The third-order valence-electron chi connectivity index (χ3n) is 2.52. The Bertz CT molecular complexity index is 653. The van der Waals surface area contributed by atoms with Crippen molar-refractivity contribution in [3.63, 3.8) is 0 Å². The molecule has 1 aromatic carbocycles. The molecule has 0 aliphatic rings. The summed E-state index contributed by atoms with van der Waals surface area (Å²) in [4.78, 5) is 23.4. The van der Waals surface area contributed by atoms with Gasteiger partial charge in [-0.25, -0.2) is 4.79 Å². The second-order valence-electron chi connectivity index (χ2n) is 4.51. The molecule has 0 aromatic heterocycles. The minimum Gasteiger partial charge on any atom is -0.467 e. The van der Waals surface area contributed by atoms with Gasteiger partial charge in [0, 0.05) is 0 Å². The highest BCUT2D eigenvalue weighted by Crippen LogP contribution is 2.21. The molecule has 0 fully saturated rings. The van der Waals surface area contributed by atoms with Gasteiger partial charge in [-0.15, -0.1) is 0 Å². The summed E-state index contributed by atoms with van der Waals surface area (Å²) in [5, 5.41) is 2.41. The second kappa shape index (κ2) is 6.57. The summed E-state index contributed by atoms with van der Waals surface area (Å²) in [5.41, 5.74) is 0.767. The molecular formula is C13H17NO6S. The van der Waals surface area contributed by atoms with Crippen LogP contribution in [0.5, 0.6) is 5.75 Å². The number of esters is 1. The SMILES string of the molecule is COC(=O)[C@@H](C)NC(=O)c1cc(C)ccc1OS(C)(=O)=O. The van der Waals surface area contributed by atoms with Crippen LogP contribution in [0.4, 0.5) is 0 Å². The first-order chi connectivity index (χ1) is 9.64. The van der Waals surface area contributed by atoms with Gasteiger partial charge in [-0.2, -0.15) is 8.42 Å². The number of amides is 1. The molecule has 8 heteroatoms. The maximum atomic E-state index is 12.1. The van der Waals surface area contributed by atoms with Crippen LogP contribution in [-0.2, 0) is 19.6 Å². The molecule has 1 amide bonds. The Morgan fingerprint density at radius 2 is 1.90 bits per heavy atom. The molecule has 0 bridgehead atoms. The van der Waals surface area contributed by atoms with Gasteiger partial charge < -0.3 is 14.2 Å². The van der Waals surface area contributed by atoms with Crippen molar-refractivity contribution < 1.29 is 26.9 Å². The Morgan fingerprint density at radius 1 is 1.29 bits per heavy atom. The maximum Gasteiger partial charge on any atom is 0.328 e. The van der Waals surface area contributed by atoms with Gasteiger partial charge in [-0.3, -0.25) is 4.79 Å². The highest BCUT2D eigenvalue weighted by Gasteiger charge is 2.21. The molecule has 7 nitrogen and oxygen atoms in total. The number of rotatable bonds is 5. The molecule has 0 aliphatic heterocycles. The van der Waals surface area contributed by atoms with Crippen molar-refractivity contribution in [2.45, 2.75) is 19.9 Å². The van der Waals surface area contributed by atoms with E-state index in [-0.39, 0.29) is 11.3 Å². The second-order valence-corrected chi connectivity index (χ2v) is 6.08. The fourth-order valence-electron chi connectivity index (χ4n) is 1.57. The molecule has 0 saturated carbocycles. The Balaban J connectivity index is 3.07. The van der Waals surface area contributed by atoms with Gasteiger partial charge in [0.25, 0.3) is 5.91 Å². The van der Waals surface area contributed by atoms with Crippen molar-refractivity contribution in [2.24, 2.45) is 0 Å². The summed E-state index contributed by atoms with van der Waals surface area (Å²) in [7, 11) is -2.56.